The number of ether oxygens (including phenoxy) is 2. The van der Waals surface area contributed by atoms with E-state index < -0.39 is 30.7 Å². The summed E-state index contributed by atoms with van der Waals surface area (Å²) in [6.07, 6.45) is -6.10. The van der Waals surface area contributed by atoms with Gasteiger partial charge in [0.15, 0.2) is 6.29 Å². The Morgan fingerprint density at radius 2 is 2.00 bits per heavy atom. The second-order valence-electron chi connectivity index (χ2n) is 5.98. The first-order valence-electron chi connectivity index (χ1n) is 7.82. The van der Waals surface area contributed by atoms with Gasteiger partial charge in [0.1, 0.15) is 29.8 Å². The molecule has 0 aromatic heterocycles. The van der Waals surface area contributed by atoms with Gasteiger partial charge in [-0.3, -0.25) is 4.79 Å². The maximum Gasteiger partial charge on any atom is 0.233 e. The van der Waals surface area contributed by atoms with Gasteiger partial charge in [0.25, 0.3) is 0 Å². The number of thioether (sulfide) groups is 1. The third kappa shape index (κ3) is 3.66. The van der Waals surface area contributed by atoms with Crippen molar-refractivity contribution < 1.29 is 29.6 Å². The van der Waals surface area contributed by atoms with Crippen molar-refractivity contribution in [2.24, 2.45) is 0 Å². The third-order valence-corrected chi connectivity index (χ3v) is 6.00. The number of benzene rings is 1. The van der Waals surface area contributed by atoms with Crippen molar-refractivity contribution >= 4 is 29.3 Å². The van der Waals surface area contributed by atoms with Gasteiger partial charge in [-0.05, 0) is 6.07 Å². The predicted molar refractivity (Wildman–Crippen MR) is 92.1 cm³/mol. The molecule has 0 saturated carbocycles. The topological polar surface area (TPSA) is 99.5 Å². The number of methoxy groups -OCH3 is 1. The smallest absolute Gasteiger partial charge is 0.233 e. The maximum absolute atomic E-state index is 12.3. The molecule has 1 aromatic rings. The number of aliphatic hydroxyl groups excluding tert-OH is 3. The number of hydrogen-bond donors (Lipinski definition) is 3. The summed E-state index contributed by atoms with van der Waals surface area (Å²) in [4.78, 5) is 13.9. The van der Waals surface area contributed by atoms with Crippen LogP contribution in [0.3, 0.4) is 0 Å². The molecule has 0 radical (unpaired) electrons. The Labute approximate surface area is 154 Å². The van der Waals surface area contributed by atoms with Crippen LogP contribution in [0.1, 0.15) is 10.9 Å². The zero-order valence-corrected chi connectivity index (χ0v) is 15.1. The Hall–Kier alpha value is -0.870. The third-order valence-electron chi connectivity index (χ3n) is 4.42. The summed E-state index contributed by atoms with van der Waals surface area (Å²) in [5, 5.41) is 30.3. The monoisotopic (exact) mass is 389 g/mol. The second-order valence-corrected chi connectivity index (χ2v) is 7.46. The summed E-state index contributed by atoms with van der Waals surface area (Å²) in [6, 6.07) is 7.26. The quantitative estimate of drug-likeness (QED) is 0.684. The molecule has 2 fully saturated rings. The summed E-state index contributed by atoms with van der Waals surface area (Å²) in [7, 11) is 1.33. The van der Waals surface area contributed by atoms with Crippen LogP contribution in [0.5, 0.6) is 0 Å². The summed E-state index contributed by atoms with van der Waals surface area (Å²) in [5.41, 5.74) is 0.800. The molecule has 9 heteroatoms. The van der Waals surface area contributed by atoms with Crippen LogP contribution in [0.25, 0.3) is 0 Å². The van der Waals surface area contributed by atoms with E-state index in [9.17, 15) is 20.1 Å². The number of aliphatic hydroxyl groups is 3. The van der Waals surface area contributed by atoms with Gasteiger partial charge in [-0.15, -0.1) is 11.8 Å². The fourth-order valence-corrected chi connectivity index (χ4v) is 4.58. The first-order chi connectivity index (χ1) is 11.9. The Morgan fingerprint density at radius 3 is 2.68 bits per heavy atom. The SMILES string of the molecule is CO[C@H]1O[C@H](CN2C(=O)CS[C@H]2c2ccccc2Cl)[C@@H](O)[C@H](O)[C@H]1O. The minimum absolute atomic E-state index is 0.0481. The molecule has 2 saturated heterocycles. The van der Waals surface area contributed by atoms with E-state index in [1.54, 1.807) is 11.0 Å². The zero-order valence-electron chi connectivity index (χ0n) is 13.5. The number of halogens is 1. The molecule has 2 aliphatic rings. The molecule has 138 valence electrons. The van der Waals surface area contributed by atoms with Crippen molar-refractivity contribution in [3.8, 4) is 0 Å². The van der Waals surface area contributed by atoms with Gasteiger partial charge in [0.05, 0.1) is 12.3 Å². The highest BCUT2D eigenvalue weighted by Crippen LogP contribution is 2.42. The Morgan fingerprint density at radius 1 is 1.28 bits per heavy atom. The van der Waals surface area contributed by atoms with Gasteiger partial charge in [0, 0.05) is 17.7 Å². The Kier molecular flexibility index (Phi) is 5.89. The van der Waals surface area contributed by atoms with Gasteiger partial charge in [0.2, 0.25) is 5.91 Å². The Bertz CT molecular complexity index is 632. The highest BCUT2D eigenvalue weighted by molar-refractivity contribution is 8.00. The van der Waals surface area contributed by atoms with Gasteiger partial charge in [-0.2, -0.15) is 0 Å². The largest absolute Gasteiger partial charge is 0.388 e. The van der Waals surface area contributed by atoms with Gasteiger partial charge in [-0.1, -0.05) is 29.8 Å². The van der Waals surface area contributed by atoms with E-state index in [0.29, 0.717) is 5.02 Å². The highest BCUT2D eigenvalue weighted by atomic mass is 35.5. The van der Waals surface area contributed by atoms with Crippen LogP contribution in [-0.2, 0) is 14.3 Å². The van der Waals surface area contributed by atoms with Crippen LogP contribution in [0.15, 0.2) is 24.3 Å². The van der Waals surface area contributed by atoms with Crippen LogP contribution in [0.4, 0.5) is 0 Å². The van der Waals surface area contributed by atoms with Crippen LogP contribution >= 0.6 is 23.4 Å². The number of hydrogen-bond acceptors (Lipinski definition) is 7. The van der Waals surface area contributed by atoms with Crippen LogP contribution in [-0.4, -0.2) is 76.2 Å². The fraction of sp³-hybridized carbons (Fsp3) is 0.562. The lowest BCUT2D eigenvalue weighted by Gasteiger charge is -2.41. The lowest BCUT2D eigenvalue weighted by atomic mass is 9.98. The molecule has 3 N–H and O–H groups in total. The molecular weight excluding hydrogens is 370 g/mol. The van der Waals surface area contributed by atoms with Gasteiger partial charge < -0.3 is 29.7 Å². The van der Waals surface area contributed by atoms with E-state index >= 15 is 0 Å². The fourth-order valence-electron chi connectivity index (χ4n) is 3.04. The average molecular weight is 390 g/mol. The van der Waals surface area contributed by atoms with Crippen LogP contribution < -0.4 is 0 Å². The second kappa shape index (κ2) is 7.79. The molecule has 0 unspecified atom stereocenters. The lowest BCUT2D eigenvalue weighted by molar-refractivity contribution is -0.291. The number of rotatable bonds is 4. The summed E-state index contributed by atoms with van der Waals surface area (Å²) in [5.74, 6) is 0.178. The molecule has 25 heavy (non-hydrogen) atoms. The van der Waals surface area contributed by atoms with Gasteiger partial charge in [-0.25, -0.2) is 0 Å². The van der Waals surface area contributed by atoms with Crippen molar-refractivity contribution in [3.63, 3.8) is 0 Å². The highest BCUT2D eigenvalue weighted by Gasteiger charge is 2.46. The van der Waals surface area contributed by atoms with E-state index in [0.717, 1.165) is 5.56 Å². The minimum atomic E-state index is -1.42. The minimum Gasteiger partial charge on any atom is -0.388 e. The van der Waals surface area contributed by atoms with E-state index in [-0.39, 0.29) is 23.6 Å². The Balaban J connectivity index is 1.80. The molecule has 0 spiro atoms. The van der Waals surface area contributed by atoms with Crippen molar-refractivity contribution in [3.05, 3.63) is 34.9 Å². The molecule has 0 aliphatic carbocycles. The van der Waals surface area contributed by atoms with Gasteiger partial charge >= 0.3 is 0 Å². The van der Waals surface area contributed by atoms with E-state index in [1.165, 1.54) is 18.9 Å². The molecule has 1 amide bonds. The van der Waals surface area contributed by atoms with Crippen LogP contribution in [0.2, 0.25) is 5.02 Å². The molecule has 0 bridgehead atoms. The molecular formula is C16H20ClNO6S. The normalized spacial score (nSPS) is 36.0. The molecule has 1 aromatic carbocycles. The van der Waals surface area contributed by atoms with E-state index in [4.69, 9.17) is 21.1 Å². The number of carbonyl (C=O) groups excluding carboxylic acids is 1. The first kappa shape index (κ1) is 18.9. The van der Waals surface area contributed by atoms with Crippen LogP contribution in [0, 0.1) is 0 Å². The number of nitrogens with zero attached hydrogens (tertiary/aromatic N) is 1. The lowest BCUT2D eigenvalue weighted by Crippen LogP contribution is -2.60. The van der Waals surface area contributed by atoms with Crippen molar-refractivity contribution in [2.75, 3.05) is 19.4 Å². The molecule has 7 nitrogen and oxygen atoms in total. The molecule has 2 aliphatic heterocycles. The summed E-state index contributed by atoms with van der Waals surface area (Å²) < 4.78 is 10.5. The molecule has 2 heterocycles. The van der Waals surface area contributed by atoms with Crippen molar-refractivity contribution in [1.82, 2.24) is 4.90 Å². The predicted octanol–water partition coefficient (Wildman–Crippen LogP) is 0.368. The van der Waals surface area contributed by atoms with Crippen molar-refractivity contribution in [2.45, 2.75) is 36.1 Å². The summed E-state index contributed by atoms with van der Waals surface area (Å²) in [6.45, 7) is 0.0481. The standard InChI is InChI=1S/C16H20ClNO6S/c1-23-16-14(22)13(21)12(20)10(24-16)6-18-11(19)7-25-15(18)8-4-2-3-5-9(8)17/h2-5,10,12-16,20-22H,6-7H2,1H3/t10-,12-,13+,14-,15+,16+/m1/s1. The number of carbonyl (C=O) groups is 1. The summed E-state index contributed by atoms with van der Waals surface area (Å²) >= 11 is 7.69. The zero-order chi connectivity index (χ0) is 18.1. The average Bonchev–Trinajstić information content (AvgIpc) is 2.96. The van der Waals surface area contributed by atoms with Crippen molar-refractivity contribution in [1.29, 1.82) is 0 Å². The molecule has 6 atom stereocenters. The molecule has 3 rings (SSSR count). The first-order valence-corrected chi connectivity index (χ1v) is 9.24. The van der Waals surface area contributed by atoms with E-state index in [1.807, 2.05) is 18.2 Å². The maximum atomic E-state index is 12.3. The number of amides is 1. The van der Waals surface area contributed by atoms with E-state index in [2.05, 4.69) is 0 Å².